The van der Waals surface area contributed by atoms with Gasteiger partial charge in [0, 0.05) is 11.8 Å². The third-order valence-corrected chi connectivity index (χ3v) is 6.01. The number of amides is 2. The van der Waals surface area contributed by atoms with E-state index in [9.17, 15) is 31.2 Å². The average Bonchev–Trinajstić information content (AvgIpc) is 2.66. The van der Waals surface area contributed by atoms with Crippen molar-refractivity contribution in [3.8, 4) is 0 Å². The molecule has 1 aliphatic heterocycles. The van der Waals surface area contributed by atoms with E-state index in [1.54, 1.807) is 0 Å². The van der Waals surface area contributed by atoms with Crippen molar-refractivity contribution < 1.29 is 31.2 Å². The first kappa shape index (κ1) is 22.8. The first-order chi connectivity index (χ1) is 14.3. The largest absolute Gasteiger partial charge is 0.416 e. The lowest BCUT2D eigenvalue weighted by atomic mass is 9.97. The summed E-state index contributed by atoms with van der Waals surface area (Å²) in [6.07, 6.45) is -3.21. The van der Waals surface area contributed by atoms with Crippen molar-refractivity contribution in [1.29, 1.82) is 0 Å². The Labute approximate surface area is 178 Å². The second-order valence-electron chi connectivity index (χ2n) is 7.84. The van der Waals surface area contributed by atoms with Gasteiger partial charge in [-0.2, -0.15) is 13.2 Å². The molecule has 2 amide bonds. The number of fused-ring (bicyclic) bond motifs is 1. The molecule has 1 heterocycles. The zero-order chi connectivity index (χ0) is 23.1. The molecule has 1 N–H and O–H groups in total. The lowest BCUT2D eigenvalue weighted by molar-refractivity contribution is -0.137. The van der Waals surface area contributed by atoms with Crippen LogP contribution in [0.15, 0.2) is 47.4 Å². The lowest BCUT2D eigenvalue weighted by Crippen LogP contribution is -2.51. The smallest absolute Gasteiger partial charge is 0.322 e. The fourth-order valence-corrected chi connectivity index (χ4v) is 4.06. The van der Waals surface area contributed by atoms with Gasteiger partial charge in [0.1, 0.15) is 6.04 Å². The van der Waals surface area contributed by atoms with Crippen LogP contribution < -0.4 is 10.2 Å². The number of alkyl halides is 3. The van der Waals surface area contributed by atoms with E-state index in [1.165, 1.54) is 23.1 Å². The van der Waals surface area contributed by atoms with E-state index < -0.39 is 39.4 Å². The first-order valence-electron chi connectivity index (χ1n) is 9.45. The summed E-state index contributed by atoms with van der Waals surface area (Å²) in [4.78, 5) is 27.3. The maximum Gasteiger partial charge on any atom is 0.416 e. The molecule has 2 aromatic carbocycles. The molecule has 0 aliphatic carbocycles. The minimum Gasteiger partial charge on any atom is -0.322 e. The van der Waals surface area contributed by atoms with Crippen molar-refractivity contribution in [1.82, 2.24) is 0 Å². The quantitative estimate of drug-likeness (QED) is 0.753. The van der Waals surface area contributed by atoms with E-state index in [0.29, 0.717) is 6.42 Å². The standard InChI is InChI=1S/C21H21F3N2O4S/c1-12(2)10-18-19(27)25-16-11-15(31(3,29)30)8-9-17(16)26(18)20(28)13-4-6-14(7-5-13)21(22,23)24/h4-9,11-12,18H,10H2,1-3H3,(H,25,27)/t18-/m0/s1. The first-order valence-corrected chi connectivity index (χ1v) is 11.3. The monoisotopic (exact) mass is 454 g/mol. The predicted octanol–water partition coefficient (Wildman–Crippen LogP) is 4.12. The molecule has 0 fully saturated rings. The maximum absolute atomic E-state index is 13.3. The van der Waals surface area contributed by atoms with Crippen molar-refractivity contribution in [2.45, 2.75) is 37.4 Å². The van der Waals surface area contributed by atoms with Crippen LogP contribution >= 0.6 is 0 Å². The normalized spacial score (nSPS) is 16.8. The molecule has 2 aromatic rings. The van der Waals surface area contributed by atoms with Crippen LogP contribution in [0, 0.1) is 5.92 Å². The van der Waals surface area contributed by atoms with Crippen LogP contribution in [0.2, 0.25) is 0 Å². The van der Waals surface area contributed by atoms with Crippen LogP contribution in [0.4, 0.5) is 24.5 Å². The van der Waals surface area contributed by atoms with Crippen molar-refractivity contribution in [3.05, 3.63) is 53.6 Å². The number of anilines is 2. The predicted molar refractivity (Wildman–Crippen MR) is 110 cm³/mol. The number of nitrogens with one attached hydrogen (secondary N) is 1. The molecule has 0 radical (unpaired) electrons. The van der Waals surface area contributed by atoms with Gasteiger partial charge in [-0.3, -0.25) is 14.5 Å². The third kappa shape index (κ3) is 4.73. The van der Waals surface area contributed by atoms with Crippen LogP contribution in [0.25, 0.3) is 0 Å². The van der Waals surface area contributed by atoms with Crippen LogP contribution in [0.5, 0.6) is 0 Å². The van der Waals surface area contributed by atoms with Crippen molar-refractivity contribution in [2.24, 2.45) is 5.92 Å². The summed E-state index contributed by atoms with van der Waals surface area (Å²) in [5.41, 5.74) is -0.484. The summed E-state index contributed by atoms with van der Waals surface area (Å²) in [6, 6.07) is 6.85. The topological polar surface area (TPSA) is 83.6 Å². The summed E-state index contributed by atoms with van der Waals surface area (Å²) in [7, 11) is -3.56. The molecule has 3 rings (SSSR count). The SMILES string of the molecule is CC(C)C[C@H]1C(=O)Nc2cc(S(C)(=O)=O)ccc2N1C(=O)c1ccc(C(F)(F)F)cc1. The summed E-state index contributed by atoms with van der Waals surface area (Å²) in [5.74, 6) is -1.11. The number of nitrogens with zero attached hydrogens (tertiary/aromatic N) is 1. The van der Waals surface area contributed by atoms with E-state index in [0.717, 1.165) is 30.5 Å². The van der Waals surface area contributed by atoms with Gasteiger partial charge in [0.25, 0.3) is 5.91 Å². The highest BCUT2D eigenvalue weighted by Crippen LogP contribution is 2.37. The van der Waals surface area contributed by atoms with E-state index in [-0.39, 0.29) is 27.8 Å². The van der Waals surface area contributed by atoms with E-state index in [1.807, 2.05) is 13.8 Å². The fraction of sp³-hybridized carbons (Fsp3) is 0.333. The molecule has 1 atom stereocenters. The van der Waals surface area contributed by atoms with Gasteiger partial charge in [0.15, 0.2) is 9.84 Å². The molecular weight excluding hydrogens is 433 g/mol. The fourth-order valence-electron chi connectivity index (χ4n) is 3.41. The Morgan fingerprint density at radius 3 is 2.26 bits per heavy atom. The third-order valence-electron chi connectivity index (χ3n) is 4.90. The highest BCUT2D eigenvalue weighted by Gasteiger charge is 2.38. The molecule has 0 bridgehead atoms. The number of rotatable bonds is 4. The molecule has 0 aromatic heterocycles. The summed E-state index contributed by atoms with van der Waals surface area (Å²) in [6.45, 7) is 3.74. The molecule has 31 heavy (non-hydrogen) atoms. The van der Waals surface area contributed by atoms with Gasteiger partial charge in [-0.15, -0.1) is 0 Å². The molecule has 166 valence electrons. The Hall–Kier alpha value is -2.88. The highest BCUT2D eigenvalue weighted by molar-refractivity contribution is 7.90. The molecular formula is C21H21F3N2O4S. The van der Waals surface area contributed by atoms with Crippen molar-refractivity contribution in [2.75, 3.05) is 16.5 Å². The molecule has 6 nitrogen and oxygen atoms in total. The minimum atomic E-state index is -4.54. The van der Waals surface area contributed by atoms with Gasteiger partial charge in [-0.1, -0.05) is 13.8 Å². The number of benzene rings is 2. The van der Waals surface area contributed by atoms with Gasteiger partial charge >= 0.3 is 6.18 Å². The lowest BCUT2D eigenvalue weighted by Gasteiger charge is -2.37. The zero-order valence-electron chi connectivity index (χ0n) is 17.0. The van der Waals surface area contributed by atoms with Gasteiger partial charge in [0.2, 0.25) is 5.91 Å². The average molecular weight is 454 g/mol. The second kappa shape index (κ2) is 7.99. The highest BCUT2D eigenvalue weighted by atomic mass is 32.2. The Morgan fingerprint density at radius 2 is 1.74 bits per heavy atom. The Bertz CT molecular complexity index is 1130. The number of hydrogen-bond acceptors (Lipinski definition) is 4. The summed E-state index contributed by atoms with van der Waals surface area (Å²) < 4.78 is 62.3. The Balaban J connectivity index is 2.09. The van der Waals surface area contributed by atoms with Crippen molar-refractivity contribution >= 4 is 33.0 Å². The minimum absolute atomic E-state index is 0.0189. The molecule has 0 spiro atoms. The van der Waals surface area contributed by atoms with Gasteiger partial charge in [0.05, 0.1) is 21.8 Å². The number of carbonyl (C=O) groups is 2. The van der Waals surface area contributed by atoms with Gasteiger partial charge in [-0.25, -0.2) is 8.42 Å². The van der Waals surface area contributed by atoms with Gasteiger partial charge in [-0.05, 0) is 54.8 Å². The van der Waals surface area contributed by atoms with Crippen LogP contribution in [0.1, 0.15) is 36.2 Å². The molecule has 1 aliphatic rings. The number of hydrogen-bond donors (Lipinski definition) is 1. The molecule has 0 saturated carbocycles. The van der Waals surface area contributed by atoms with E-state index in [2.05, 4.69) is 5.32 Å². The maximum atomic E-state index is 13.3. The number of sulfone groups is 1. The number of carbonyl (C=O) groups excluding carboxylic acids is 2. The second-order valence-corrected chi connectivity index (χ2v) is 9.85. The Kier molecular flexibility index (Phi) is 5.88. The molecule has 0 saturated heterocycles. The molecule has 0 unspecified atom stereocenters. The summed E-state index contributed by atoms with van der Waals surface area (Å²) >= 11 is 0. The van der Waals surface area contributed by atoms with Crippen LogP contribution in [0.3, 0.4) is 0 Å². The van der Waals surface area contributed by atoms with Gasteiger partial charge < -0.3 is 5.32 Å². The van der Waals surface area contributed by atoms with E-state index >= 15 is 0 Å². The summed E-state index contributed by atoms with van der Waals surface area (Å²) in [5, 5.41) is 2.65. The van der Waals surface area contributed by atoms with Crippen LogP contribution in [-0.4, -0.2) is 32.5 Å². The van der Waals surface area contributed by atoms with Crippen molar-refractivity contribution in [3.63, 3.8) is 0 Å². The Morgan fingerprint density at radius 1 is 1.13 bits per heavy atom. The van der Waals surface area contributed by atoms with Crippen LogP contribution in [-0.2, 0) is 20.8 Å². The number of halogens is 3. The zero-order valence-corrected chi connectivity index (χ0v) is 17.8. The van der Waals surface area contributed by atoms with E-state index in [4.69, 9.17) is 0 Å². The molecule has 10 heteroatoms.